The Morgan fingerprint density at radius 3 is 1.94 bits per heavy atom. The predicted octanol–water partition coefficient (Wildman–Crippen LogP) is 9.22. The number of aryl methyl sites for hydroxylation is 1. The van der Waals surface area contributed by atoms with E-state index in [2.05, 4.69) is 68.4 Å². The molecule has 0 N–H and O–H groups in total. The molecule has 0 saturated heterocycles. The Morgan fingerprint density at radius 2 is 1.35 bits per heavy atom. The molecule has 0 amide bonds. The van der Waals surface area contributed by atoms with Gasteiger partial charge in [-0.15, -0.1) is 0 Å². The van der Waals surface area contributed by atoms with E-state index in [9.17, 15) is 5.26 Å². The molecule has 0 unspecified atom stereocenters. The van der Waals surface area contributed by atoms with Crippen molar-refractivity contribution in [1.29, 1.82) is 5.26 Å². The maximum atomic E-state index is 9.90. The van der Waals surface area contributed by atoms with Crippen molar-refractivity contribution < 1.29 is 0 Å². The molecule has 31 heavy (non-hydrogen) atoms. The topological polar surface area (TPSA) is 23.8 Å². The maximum absolute atomic E-state index is 9.90. The summed E-state index contributed by atoms with van der Waals surface area (Å²) in [6.07, 6.45) is 15.8. The fourth-order valence-electron chi connectivity index (χ4n) is 5.27. The van der Waals surface area contributed by atoms with Gasteiger partial charge in [0.15, 0.2) is 0 Å². The second kappa shape index (κ2) is 12.1. The lowest BCUT2D eigenvalue weighted by molar-refractivity contribution is 0.223. The van der Waals surface area contributed by atoms with E-state index < -0.39 is 0 Å². The minimum Gasteiger partial charge on any atom is -0.198 e. The van der Waals surface area contributed by atoms with Crippen LogP contribution in [0.4, 0.5) is 0 Å². The minimum absolute atomic E-state index is 0.0541. The van der Waals surface area contributed by atoms with Gasteiger partial charge in [0, 0.05) is 0 Å². The number of hydrogen-bond donors (Lipinski definition) is 0. The van der Waals surface area contributed by atoms with Gasteiger partial charge in [-0.3, -0.25) is 0 Å². The summed E-state index contributed by atoms with van der Waals surface area (Å²) in [5.74, 6) is 0.618. The molecule has 1 heteroatoms. The number of nitrogens with zero attached hydrogens (tertiary/aromatic N) is 1. The van der Waals surface area contributed by atoms with Gasteiger partial charge in [-0.25, -0.2) is 0 Å². The number of rotatable bonds is 11. The zero-order valence-electron chi connectivity index (χ0n) is 19.8. The molecule has 1 fully saturated rings. The normalized spacial score (nSPS) is 21.0. The van der Waals surface area contributed by atoms with Crippen LogP contribution in [0.15, 0.2) is 48.5 Å². The highest BCUT2D eigenvalue weighted by molar-refractivity contribution is 5.64. The molecule has 1 aliphatic carbocycles. The summed E-state index contributed by atoms with van der Waals surface area (Å²) < 4.78 is 0. The van der Waals surface area contributed by atoms with E-state index in [-0.39, 0.29) is 5.41 Å². The second-order valence-corrected chi connectivity index (χ2v) is 9.75. The first-order valence-corrected chi connectivity index (χ1v) is 12.8. The molecule has 1 nitrogen and oxygen atoms in total. The standard InChI is InChI=1S/C30H41N/c1-3-5-6-7-8-9-21-30(24-31)22-19-29(20-23-30)28-17-15-27(16-18-28)26-13-11-25(10-4-2)12-14-26/h11-18,29H,3-10,19-23H2,1-2H3. The van der Waals surface area contributed by atoms with Crippen molar-refractivity contribution >= 4 is 0 Å². The SMILES string of the molecule is CCCCCCCCC1(C#N)CCC(c2ccc(-c3ccc(CCC)cc3)cc2)CC1. The molecular weight excluding hydrogens is 374 g/mol. The Bertz CT molecular complexity index is 801. The van der Waals surface area contributed by atoms with E-state index in [0.717, 1.165) is 38.5 Å². The lowest BCUT2D eigenvalue weighted by Gasteiger charge is -2.35. The summed E-state index contributed by atoms with van der Waals surface area (Å²) >= 11 is 0. The van der Waals surface area contributed by atoms with E-state index in [4.69, 9.17) is 0 Å². The summed E-state index contributed by atoms with van der Waals surface area (Å²) in [5, 5.41) is 9.90. The molecule has 3 rings (SSSR count). The zero-order valence-corrected chi connectivity index (χ0v) is 19.8. The van der Waals surface area contributed by atoms with Crippen molar-refractivity contribution in [1.82, 2.24) is 0 Å². The highest BCUT2D eigenvalue weighted by Crippen LogP contribution is 2.45. The van der Waals surface area contributed by atoms with Crippen LogP contribution < -0.4 is 0 Å². The Labute approximate surface area is 190 Å². The van der Waals surface area contributed by atoms with Gasteiger partial charge >= 0.3 is 0 Å². The number of benzene rings is 2. The quantitative estimate of drug-likeness (QED) is 0.335. The molecule has 0 atom stereocenters. The van der Waals surface area contributed by atoms with E-state index in [1.165, 1.54) is 67.2 Å². The highest BCUT2D eigenvalue weighted by Gasteiger charge is 2.35. The van der Waals surface area contributed by atoms with Crippen LogP contribution >= 0.6 is 0 Å². The van der Waals surface area contributed by atoms with Crippen molar-refractivity contribution in [2.45, 2.75) is 103 Å². The fourth-order valence-corrected chi connectivity index (χ4v) is 5.27. The third-order valence-electron chi connectivity index (χ3n) is 7.40. The van der Waals surface area contributed by atoms with Gasteiger partial charge in [0.2, 0.25) is 0 Å². The molecule has 1 saturated carbocycles. The van der Waals surface area contributed by atoms with Gasteiger partial charge in [-0.05, 0) is 66.7 Å². The molecule has 0 spiro atoms. The van der Waals surface area contributed by atoms with Gasteiger partial charge in [-0.2, -0.15) is 5.26 Å². The van der Waals surface area contributed by atoms with Crippen LogP contribution in [0, 0.1) is 16.7 Å². The van der Waals surface area contributed by atoms with Gasteiger partial charge in [-0.1, -0.05) is 107 Å². The van der Waals surface area contributed by atoms with Crippen LogP contribution in [0.5, 0.6) is 0 Å². The number of unbranched alkanes of at least 4 members (excludes halogenated alkanes) is 5. The van der Waals surface area contributed by atoms with Gasteiger partial charge in [0.25, 0.3) is 0 Å². The monoisotopic (exact) mass is 415 g/mol. The van der Waals surface area contributed by atoms with Crippen molar-refractivity contribution in [3.05, 3.63) is 59.7 Å². The number of nitriles is 1. The first-order valence-electron chi connectivity index (χ1n) is 12.8. The van der Waals surface area contributed by atoms with Crippen molar-refractivity contribution in [3.63, 3.8) is 0 Å². The van der Waals surface area contributed by atoms with E-state index in [1.54, 1.807) is 0 Å². The van der Waals surface area contributed by atoms with Gasteiger partial charge in [0.05, 0.1) is 11.5 Å². The smallest absolute Gasteiger partial charge is 0.0689 e. The first kappa shape index (κ1) is 23.6. The van der Waals surface area contributed by atoms with Crippen LogP contribution in [0.1, 0.15) is 108 Å². The molecule has 0 heterocycles. The molecule has 0 radical (unpaired) electrons. The first-order chi connectivity index (χ1) is 15.2. The van der Waals surface area contributed by atoms with Crippen LogP contribution in [0.3, 0.4) is 0 Å². The summed E-state index contributed by atoms with van der Waals surface area (Å²) in [4.78, 5) is 0. The van der Waals surface area contributed by atoms with Crippen LogP contribution in [-0.2, 0) is 6.42 Å². The Hall–Kier alpha value is -2.07. The molecule has 2 aromatic rings. The largest absolute Gasteiger partial charge is 0.198 e. The molecule has 0 aromatic heterocycles. The maximum Gasteiger partial charge on any atom is 0.0689 e. The molecule has 0 bridgehead atoms. The Balaban J connectivity index is 1.51. The summed E-state index contributed by atoms with van der Waals surface area (Å²) in [6, 6.07) is 21.0. The third kappa shape index (κ3) is 6.70. The van der Waals surface area contributed by atoms with Crippen LogP contribution in [-0.4, -0.2) is 0 Å². The minimum atomic E-state index is -0.0541. The average Bonchev–Trinajstić information content (AvgIpc) is 2.83. The van der Waals surface area contributed by atoms with Crippen LogP contribution in [0.25, 0.3) is 11.1 Å². The third-order valence-corrected chi connectivity index (χ3v) is 7.40. The number of hydrogen-bond acceptors (Lipinski definition) is 1. The second-order valence-electron chi connectivity index (χ2n) is 9.75. The average molecular weight is 416 g/mol. The van der Waals surface area contributed by atoms with Crippen molar-refractivity contribution in [2.24, 2.45) is 5.41 Å². The van der Waals surface area contributed by atoms with Crippen molar-refractivity contribution in [2.75, 3.05) is 0 Å². The summed E-state index contributed by atoms with van der Waals surface area (Å²) in [7, 11) is 0. The van der Waals surface area contributed by atoms with E-state index in [1.807, 2.05) is 0 Å². The Morgan fingerprint density at radius 1 is 0.774 bits per heavy atom. The fraction of sp³-hybridized carbons (Fsp3) is 0.567. The lowest BCUT2D eigenvalue weighted by Crippen LogP contribution is -2.25. The lowest BCUT2D eigenvalue weighted by atomic mass is 9.67. The zero-order chi connectivity index (χ0) is 21.9. The molecule has 1 aliphatic rings. The summed E-state index contributed by atoms with van der Waals surface area (Å²) in [6.45, 7) is 4.49. The molecule has 0 aliphatic heterocycles. The molecule has 2 aromatic carbocycles. The molecule has 166 valence electrons. The van der Waals surface area contributed by atoms with E-state index >= 15 is 0 Å². The van der Waals surface area contributed by atoms with Crippen LogP contribution in [0.2, 0.25) is 0 Å². The summed E-state index contributed by atoms with van der Waals surface area (Å²) in [5.41, 5.74) is 5.43. The van der Waals surface area contributed by atoms with Crippen molar-refractivity contribution in [3.8, 4) is 17.2 Å². The van der Waals surface area contributed by atoms with E-state index in [0.29, 0.717) is 5.92 Å². The molecular formula is C30H41N. The van der Waals surface area contributed by atoms with Gasteiger partial charge < -0.3 is 0 Å². The predicted molar refractivity (Wildman–Crippen MR) is 133 cm³/mol. The van der Waals surface area contributed by atoms with Gasteiger partial charge in [0.1, 0.15) is 0 Å². The Kier molecular flexibility index (Phi) is 9.20. The highest BCUT2D eigenvalue weighted by atomic mass is 14.4.